The van der Waals surface area contributed by atoms with Crippen LogP contribution in [-0.4, -0.2) is 0 Å². The van der Waals surface area contributed by atoms with Crippen molar-refractivity contribution >= 4 is 0 Å². The third-order valence-corrected chi connectivity index (χ3v) is 15.1. The van der Waals surface area contributed by atoms with Crippen molar-refractivity contribution < 1.29 is 0 Å². The molecule has 13 atom stereocenters. The number of hydrogen-bond donors (Lipinski definition) is 0. The van der Waals surface area contributed by atoms with Crippen molar-refractivity contribution in [3.05, 3.63) is 0 Å². The Morgan fingerprint density at radius 1 is 0.800 bits per heavy atom. The topological polar surface area (TPSA) is 0 Å². The molecule has 0 saturated heterocycles. The van der Waals surface area contributed by atoms with Gasteiger partial charge in [-0.1, -0.05) is 121 Å². The number of rotatable bonds is 12. The van der Waals surface area contributed by atoms with Gasteiger partial charge < -0.3 is 0 Å². The summed E-state index contributed by atoms with van der Waals surface area (Å²) >= 11 is 0. The predicted molar refractivity (Wildman–Crippen MR) is 177 cm³/mol. The lowest BCUT2D eigenvalue weighted by Crippen LogP contribution is -2.58. The van der Waals surface area contributed by atoms with E-state index in [1.54, 1.807) is 6.42 Å². The van der Waals surface area contributed by atoms with Gasteiger partial charge >= 0.3 is 0 Å². The number of unbranched alkanes of at least 4 members (excludes halogenated alkanes) is 1. The molecule has 4 fully saturated rings. The molecular weight excluding hydrogens is 480 g/mol. The van der Waals surface area contributed by atoms with Crippen LogP contribution in [0.25, 0.3) is 0 Å². The summed E-state index contributed by atoms with van der Waals surface area (Å²) in [5.74, 6) is 10.5. The second-order valence-corrected chi connectivity index (χ2v) is 18.6. The summed E-state index contributed by atoms with van der Waals surface area (Å²) in [5.41, 5.74) is 1.76. The first-order valence-electron chi connectivity index (χ1n) is 18.7. The van der Waals surface area contributed by atoms with E-state index in [4.69, 9.17) is 0 Å². The fourth-order valence-corrected chi connectivity index (χ4v) is 12.3. The average Bonchev–Trinajstić information content (AvgIpc) is 3.25. The second kappa shape index (κ2) is 12.9. The van der Waals surface area contributed by atoms with Crippen LogP contribution in [0.3, 0.4) is 0 Å². The molecular formula is C40H74. The molecule has 0 spiro atoms. The van der Waals surface area contributed by atoms with Crippen molar-refractivity contribution in [2.45, 2.75) is 172 Å². The molecule has 234 valence electrons. The minimum absolute atomic E-state index is 0.529. The van der Waals surface area contributed by atoms with Crippen molar-refractivity contribution in [3.63, 3.8) is 0 Å². The highest BCUT2D eigenvalue weighted by Gasteiger charge is 2.64. The third kappa shape index (κ3) is 6.57. The third-order valence-electron chi connectivity index (χ3n) is 15.1. The monoisotopic (exact) mass is 555 g/mol. The summed E-state index contributed by atoms with van der Waals surface area (Å²) in [7, 11) is 0. The van der Waals surface area contributed by atoms with Gasteiger partial charge in [0.1, 0.15) is 0 Å². The smallest absolute Gasteiger partial charge is 0.0238 e. The van der Waals surface area contributed by atoms with Crippen LogP contribution in [0, 0.1) is 81.3 Å². The SMILES string of the molecule is CCC(C)CC(C)(C)CCCCC(C)CCC(C)C1CCC2C3C(C)CC4CC(C)CCC4(C)C3CC(C)C12C. The molecule has 13 unspecified atom stereocenters. The number of fused-ring (bicyclic) bond motifs is 5. The van der Waals surface area contributed by atoms with Crippen molar-refractivity contribution in [3.8, 4) is 0 Å². The van der Waals surface area contributed by atoms with Crippen LogP contribution in [-0.2, 0) is 0 Å². The Morgan fingerprint density at radius 3 is 2.23 bits per heavy atom. The Morgan fingerprint density at radius 2 is 1.52 bits per heavy atom. The molecule has 0 radical (unpaired) electrons. The fourth-order valence-electron chi connectivity index (χ4n) is 12.3. The van der Waals surface area contributed by atoms with Gasteiger partial charge in [-0.2, -0.15) is 0 Å². The van der Waals surface area contributed by atoms with Gasteiger partial charge in [-0.15, -0.1) is 0 Å². The van der Waals surface area contributed by atoms with E-state index in [-0.39, 0.29) is 0 Å². The minimum Gasteiger partial charge on any atom is -0.0651 e. The van der Waals surface area contributed by atoms with Crippen molar-refractivity contribution in [1.29, 1.82) is 0 Å². The summed E-state index contributed by atoms with van der Waals surface area (Å²) in [4.78, 5) is 0. The lowest BCUT2D eigenvalue weighted by atomic mass is 9.40. The molecule has 0 amide bonds. The Hall–Kier alpha value is 0. The molecule has 0 aromatic heterocycles. The Balaban J connectivity index is 1.30. The summed E-state index contributed by atoms with van der Waals surface area (Å²) in [6.07, 6.45) is 22.1. The highest BCUT2D eigenvalue weighted by molar-refractivity contribution is 5.12. The van der Waals surface area contributed by atoms with Gasteiger partial charge in [-0.25, -0.2) is 0 Å². The van der Waals surface area contributed by atoms with Crippen LogP contribution in [0.4, 0.5) is 0 Å². The van der Waals surface area contributed by atoms with Gasteiger partial charge in [0.15, 0.2) is 0 Å². The van der Waals surface area contributed by atoms with E-state index in [1.807, 2.05) is 0 Å². The summed E-state index contributed by atoms with van der Waals surface area (Å²) in [6.45, 7) is 28.6. The molecule has 0 nitrogen and oxygen atoms in total. The van der Waals surface area contributed by atoms with Crippen LogP contribution >= 0.6 is 0 Å². The van der Waals surface area contributed by atoms with E-state index in [9.17, 15) is 0 Å². The molecule has 4 saturated carbocycles. The largest absolute Gasteiger partial charge is 0.0651 e. The Labute approximate surface area is 253 Å². The van der Waals surface area contributed by atoms with E-state index in [2.05, 4.69) is 76.2 Å². The van der Waals surface area contributed by atoms with E-state index in [1.165, 1.54) is 89.9 Å². The van der Waals surface area contributed by atoms with Gasteiger partial charge in [0.25, 0.3) is 0 Å². The Kier molecular flexibility index (Phi) is 10.6. The molecule has 0 aliphatic heterocycles. The first-order valence-corrected chi connectivity index (χ1v) is 18.7. The summed E-state index contributed by atoms with van der Waals surface area (Å²) < 4.78 is 0. The van der Waals surface area contributed by atoms with E-state index >= 15 is 0 Å². The maximum absolute atomic E-state index is 2.81. The molecule has 0 heterocycles. The first-order chi connectivity index (χ1) is 18.7. The zero-order valence-electron chi connectivity index (χ0n) is 29.5. The fraction of sp³-hybridized carbons (Fsp3) is 1.00. The molecule has 0 bridgehead atoms. The van der Waals surface area contributed by atoms with E-state index in [0.29, 0.717) is 16.2 Å². The summed E-state index contributed by atoms with van der Waals surface area (Å²) in [6, 6.07) is 0. The molecule has 40 heavy (non-hydrogen) atoms. The van der Waals surface area contributed by atoms with Crippen LogP contribution in [0.15, 0.2) is 0 Å². The maximum Gasteiger partial charge on any atom is -0.0238 e. The molecule has 4 aliphatic rings. The molecule has 0 N–H and O–H groups in total. The van der Waals surface area contributed by atoms with Crippen LogP contribution in [0.1, 0.15) is 172 Å². The quantitative estimate of drug-likeness (QED) is 0.210. The van der Waals surface area contributed by atoms with Crippen molar-refractivity contribution in [1.82, 2.24) is 0 Å². The first kappa shape index (κ1) is 32.9. The van der Waals surface area contributed by atoms with Crippen LogP contribution in [0.2, 0.25) is 0 Å². The molecule has 4 rings (SSSR count). The average molecular weight is 555 g/mol. The molecule has 0 heteroatoms. The highest BCUT2D eigenvalue weighted by Crippen LogP contribution is 2.71. The lowest BCUT2D eigenvalue weighted by Gasteiger charge is -2.65. The standard InChI is InChI=1S/C40H74/c1-12-27(2)26-38(8,9)21-14-13-15-28(3)16-17-30(5)34-18-19-35-37-31(6)24-33-23-29(4)20-22-39(33,10)36(37)25-32(7)40(34,35)11/h27-37H,12-26H2,1-11H3. The molecule has 4 aliphatic carbocycles. The Bertz CT molecular complexity index is 794. The van der Waals surface area contributed by atoms with E-state index in [0.717, 1.165) is 65.1 Å². The normalized spacial score (nSPS) is 43.9. The van der Waals surface area contributed by atoms with Gasteiger partial charge in [0.05, 0.1) is 0 Å². The zero-order chi connectivity index (χ0) is 29.5. The van der Waals surface area contributed by atoms with Crippen molar-refractivity contribution in [2.75, 3.05) is 0 Å². The number of hydrogen-bond acceptors (Lipinski definition) is 0. The van der Waals surface area contributed by atoms with Crippen LogP contribution in [0.5, 0.6) is 0 Å². The predicted octanol–water partition coefficient (Wildman–Crippen LogP) is 12.8. The van der Waals surface area contributed by atoms with Gasteiger partial charge in [-0.3, -0.25) is 0 Å². The van der Waals surface area contributed by atoms with E-state index < -0.39 is 0 Å². The second-order valence-electron chi connectivity index (χ2n) is 18.6. The van der Waals surface area contributed by atoms with Gasteiger partial charge in [0, 0.05) is 0 Å². The van der Waals surface area contributed by atoms with Gasteiger partial charge in [0.2, 0.25) is 0 Å². The van der Waals surface area contributed by atoms with Crippen molar-refractivity contribution in [2.24, 2.45) is 81.3 Å². The van der Waals surface area contributed by atoms with Crippen LogP contribution < -0.4 is 0 Å². The zero-order valence-corrected chi connectivity index (χ0v) is 29.5. The molecule has 0 aromatic rings. The summed E-state index contributed by atoms with van der Waals surface area (Å²) in [5, 5.41) is 0. The minimum atomic E-state index is 0.529. The highest BCUT2D eigenvalue weighted by atomic mass is 14.7. The lowest BCUT2D eigenvalue weighted by molar-refractivity contribution is -0.162. The van der Waals surface area contributed by atoms with Gasteiger partial charge in [-0.05, 0) is 133 Å². The molecule has 0 aromatic carbocycles. The maximum atomic E-state index is 2.81.